The Labute approximate surface area is 146 Å². The highest BCUT2D eigenvalue weighted by Crippen LogP contribution is 2.31. The Balaban J connectivity index is 1.67. The van der Waals surface area contributed by atoms with Crippen molar-refractivity contribution in [3.8, 4) is 11.8 Å². The van der Waals surface area contributed by atoms with Gasteiger partial charge in [-0.3, -0.25) is 10.3 Å². The maximum atomic E-state index is 13.2. The van der Waals surface area contributed by atoms with Crippen molar-refractivity contribution in [2.24, 2.45) is 0 Å². The van der Waals surface area contributed by atoms with E-state index in [1.807, 2.05) is 26.8 Å². The number of hydrogen-bond donors (Lipinski definition) is 1. The first-order valence-electron chi connectivity index (χ1n) is 8.17. The van der Waals surface area contributed by atoms with Crippen molar-refractivity contribution in [2.75, 3.05) is 13.1 Å². The van der Waals surface area contributed by atoms with Crippen molar-refractivity contribution in [3.05, 3.63) is 47.4 Å². The van der Waals surface area contributed by atoms with E-state index in [9.17, 15) is 9.18 Å². The van der Waals surface area contributed by atoms with Crippen LogP contribution in [0.4, 0.5) is 9.18 Å². The predicted octanol–water partition coefficient (Wildman–Crippen LogP) is 2.98. The van der Waals surface area contributed by atoms with Crippen LogP contribution in [0.5, 0.6) is 0 Å². The van der Waals surface area contributed by atoms with Crippen molar-refractivity contribution >= 4 is 6.09 Å². The number of nitrogens with zero attached hydrogens (tertiary/aromatic N) is 1. The van der Waals surface area contributed by atoms with Crippen LogP contribution in [-0.2, 0) is 9.57 Å². The van der Waals surface area contributed by atoms with Gasteiger partial charge in [0.2, 0.25) is 0 Å². The second kappa shape index (κ2) is 6.41. The summed E-state index contributed by atoms with van der Waals surface area (Å²) in [5.74, 6) is 5.50. The summed E-state index contributed by atoms with van der Waals surface area (Å²) >= 11 is 0. The molecule has 0 aromatic heterocycles. The Hall–Kier alpha value is -2.52. The van der Waals surface area contributed by atoms with Gasteiger partial charge < -0.3 is 9.64 Å². The number of hydrogen-bond acceptors (Lipinski definition) is 4. The molecule has 1 unspecified atom stereocenters. The summed E-state index contributed by atoms with van der Waals surface area (Å²) in [4.78, 5) is 19.5. The lowest BCUT2D eigenvalue weighted by atomic mass is 10.0. The van der Waals surface area contributed by atoms with E-state index in [0.717, 1.165) is 0 Å². The quantitative estimate of drug-likeness (QED) is 0.735. The molecule has 2 aliphatic rings. The molecule has 1 spiro atoms. The highest BCUT2D eigenvalue weighted by atomic mass is 19.1. The third kappa shape index (κ3) is 4.31. The zero-order valence-electron chi connectivity index (χ0n) is 14.6. The van der Waals surface area contributed by atoms with E-state index in [0.29, 0.717) is 30.8 Å². The molecule has 3 rings (SSSR count). The molecule has 2 heterocycles. The van der Waals surface area contributed by atoms with Crippen molar-refractivity contribution in [3.63, 3.8) is 0 Å². The largest absolute Gasteiger partial charge is 0.444 e. The van der Waals surface area contributed by atoms with Crippen LogP contribution in [0.2, 0.25) is 0 Å². The lowest BCUT2D eigenvalue weighted by Crippen LogP contribution is -2.39. The number of hydroxylamine groups is 1. The normalized spacial score (nSPS) is 22.2. The molecule has 1 amide bonds. The van der Waals surface area contributed by atoms with Crippen molar-refractivity contribution in [1.82, 2.24) is 10.4 Å². The number of carbonyl (C=O) groups excluding carboxylic acids is 1. The Morgan fingerprint density at radius 2 is 2.20 bits per heavy atom. The highest BCUT2D eigenvalue weighted by Gasteiger charge is 2.44. The topological polar surface area (TPSA) is 50.8 Å². The fourth-order valence-electron chi connectivity index (χ4n) is 2.73. The molecule has 1 saturated heterocycles. The lowest BCUT2D eigenvalue weighted by molar-refractivity contribution is -0.0338. The van der Waals surface area contributed by atoms with Gasteiger partial charge in [-0.1, -0.05) is 12.0 Å². The average molecular weight is 344 g/mol. The molecule has 1 atom stereocenters. The van der Waals surface area contributed by atoms with Gasteiger partial charge in [0.05, 0.1) is 6.54 Å². The number of likely N-dealkylation sites (tertiary alicyclic amines) is 1. The molecular weight excluding hydrogens is 323 g/mol. The Morgan fingerprint density at radius 3 is 2.92 bits per heavy atom. The second-order valence-corrected chi connectivity index (χ2v) is 7.24. The first-order chi connectivity index (χ1) is 11.7. The smallest absolute Gasteiger partial charge is 0.410 e. The van der Waals surface area contributed by atoms with Crippen LogP contribution >= 0.6 is 0 Å². The van der Waals surface area contributed by atoms with E-state index in [4.69, 9.17) is 9.57 Å². The minimum Gasteiger partial charge on any atom is -0.444 e. The van der Waals surface area contributed by atoms with Gasteiger partial charge in [-0.05, 0) is 51.0 Å². The first kappa shape index (κ1) is 17.3. The van der Waals surface area contributed by atoms with Gasteiger partial charge in [0.25, 0.3) is 0 Å². The van der Waals surface area contributed by atoms with Gasteiger partial charge in [0.1, 0.15) is 22.7 Å². The summed E-state index contributed by atoms with van der Waals surface area (Å²) in [6.07, 6.45) is 2.19. The third-order valence-electron chi connectivity index (χ3n) is 3.85. The molecular formula is C19H21FN2O3. The average Bonchev–Trinajstić information content (AvgIpc) is 3.11. The van der Waals surface area contributed by atoms with Crippen LogP contribution in [0, 0.1) is 17.7 Å². The molecule has 0 bridgehead atoms. The van der Waals surface area contributed by atoms with Crippen LogP contribution in [0.25, 0.3) is 0 Å². The fraction of sp³-hybridized carbons (Fsp3) is 0.421. The zero-order chi connectivity index (χ0) is 18.1. The molecule has 1 aromatic rings. The van der Waals surface area contributed by atoms with E-state index >= 15 is 0 Å². The van der Waals surface area contributed by atoms with E-state index in [2.05, 4.69) is 17.3 Å². The molecule has 0 radical (unpaired) electrons. The van der Waals surface area contributed by atoms with Gasteiger partial charge in [-0.25, -0.2) is 9.18 Å². The molecule has 132 valence electrons. The van der Waals surface area contributed by atoms with Gasteiger partial charge >= 0.3 is 6.09 Å². The number of nitrogens with one attached hydrogen (secondary N) is 1. The summed E-state index contributed by atoms with van der Waals surface area (Å²) in [5.41, 5.74) is 2.87. The van der Waals surface area contributed by atoms with E-state index in [-0.39, 0.29) is 11.9 Å². The monoisotopic (exact) mass is 344 g/mol. The second-order valence-electron chi connectivity index (χ2n) is 7.24. The van der Waals surface area contributed by atoms with Crippen molar-refractivity contribution in [1.29, 1.82) is 0 Å². The maximum absolute atomic E-state index is 13.2. The van der Waals surface area contributed by atoms with E-state index < -0.39 is 11.2 Å². The molecule has 1 N–H and O–H groups in total. The summed E-state index contributed by atoms with van der Waals surface area (Å²) in [5, 5.41) is 0. The highest BCUT2D eigenvalue weighted by molar-refractivity contribution is 5.69. The molecule has 25 heavy (non-hydrogen) atoms. The Bertz CT molecular complexity index is 773. The maximum Gasteiger partial charge on any atom is 0.410 e. The minimum absolute atomic E-state index is 0.323. The molecule has 0 saturated carbocycles. The Morgan fingerprint density at radius 1 is 1.40 bits per heavy atom. The number of allylic oxidation sites excluding steroid dienone is 1. The van der Waals surface area contributed by atoms with Crippen LogP contribution in [-0.4, -0.2) is 35.3 Å². The van der Waals surface area contributed by atoms with Crippen molar-refractivity contribution in [2.45, 2.75) is 38.4 Å². The molecule has 2 aliphatic heterocycles. The first-order valence-corrected chi connectivity index (χ1v) is 8.17. The molecule has 1 fully saturated rings. The number of carbonyl (C=O) groups is 1. The Kier molecular flexibility index (Phi) is 4.44. The standard InChI is InChI=1S/C19H21FN2O3/c1-18(2,3)24-17(23)22-10-9-19(13-22)12-16(21-25-19)8-7-14-5-4-6-15(20)11-14/h4-6,11-12,21H,9-10,13H2,1-3H3. The van der Waals surface area contributed by atoms with Crippen LogP contribution in [0.3, 0.4) is 0 Å². The number of amides is 1. The summed E-state index contributed by atoms with van der Waals surface area (Å²) in [6.45, 7) is 6.47. The van der Waals surface area contributed by atoms with E-state index in [1.54, 1.807) is 17.0 Å². The molecule has 0 aliphatic carbocycles. The number of ether oxygens (including phenoxy) is 1. The summed E-state index contributed by atoms with van der Waals surface area (Å²) < 4.78 is 18.6. The number of halogens is 1. The molecule has 5 nitrogen and oxygen atoms in total. The van der Waals surface area contributed by atoms with Gasteiger partial charge in [0.15, 0.2) is 0 Å². The summed E-state index contributed by atoms with van der Waals surface area (Å²) in [6, 6.07) is 6.10. The van der Waals surface area contributed by atoms with Crippen molar-refractivity contribution < 1.29 is 18.8 Å². The zero-order valence-corrected chi connectivity index (χ0v) is 14.6. The van der Waals surface area contributed by atoms with Crippen LogP contribution in [0.1, 0.15) is 32.8 Å². The van der Waals surface area contributed by atoms with Crippen LogP contribution < -0.4 is 5.48 Å². The number of benzene rings is 1. The van der Waals surface area contributed by atoms with Gasteiger partial charge in [-0.2, -0.15) is 0 Å². The van der Waals surface area contributed by atoms with Gasteiger partial charge in [0, 0.05) is 18.5 Å². The van der Waals surface area contributed by atoms with E-state index in [1.165, 1.54) is 12.1 Å². The van der Waals surface area contributed by atoms with Crippen LogP contribution in [0.15, 0.2) is 36.0 Å². The van der Waals surface area contributed by atoms with Gasteiger partial charge in [-0.15, -0.1) is 0 Å². The molecule has 6 heteroatoms. The third-order valence-corrected chi connectivity index (χ3v) is 3.85. The fourth-order valence-corrected chi connectivity index (χ4v) is 2.73. The summed E-state index contributed by atoms with van der Waals surface area (Å²) in [7, 11) is 0. The predicted molar refractivity (Wildman–Crippen MR) is 90.7 cm³/mol. The number of rotatable bonds is 0. The molecule has 1 aromatic carbocycles. The lowest BCUT2D eigenvalue weighted by Gasteiger charge is -2.25. The minimum atomic E-state index is -0.594. The SMILES string of the molecule is CC(C)(C)OC(=O)N1CCC2(C=C(C#Cc3cccc(F)c3)NO2)C1.